The number of hydrogen-bond donors (Lipinski definition) is 0. The molecule has 0 radical (unpaired) electrons. The summed E-state index contributed by atoms with van der Waals surface area (Å²) in [6.07, 6.45) is 2.76. The number of anilines is 2. The Kier molecular flexibility index (Phi) is 5.37. The lowest BCUT2D eigenvalue weighted by atomic mass is 10.1. The van der Waals surface area contributed by atoms with Gasteiger partial charge in [-0.05, 0) is 37.1 Å². The fourth-order valence-electron chi connectivity index (χ4n) is 3.63. The highest BCUT2D eigenvalue weighted by molar-refractivity contribution is 5.61. The van der Waals surface area contributed by atoms with Gasteiger partial charge >= 0.3 is 0 Å². The normalized spacial score (nSPS) is 14.6. The molecule has 3 aromatic rings. The Morgan fingerprint density at radius 2 is 1.75 bits per heavy atom. The predicted molar refractivity (Wildman–Crippen MR) is 112 cm³/mol. The van der Waals surface area contributed by atoms with Crippen molar-refractivity contribution in [1.82, 2.24) is 15.2 Å². The summed E-state index contributed by atoms with van der Waals surface area (Å²) in [4.78, 5) is 9.46. The highest BCUT2D eigenvalue weighted by Gasteiger charge is 2.19. The molecule has 4 rings (SSSR count). The third-order valence-corrected chi connectivity index (χ3v) is 5.15. The zero-order valence-corrected chi connectivity index (χ0v) is 16.4. The highest BCUT2D eigenvalue weighted by Crippen LogP contribution is 2.24. The molecule has 0 N–H and O–H groups in total. The second-order valence-corrected chi connectivity index (χ2v) is 6.99. The summed E-state index contributed by atoms with van der Waals surface area (Å²) < 4.78 is 5.32. The topological polar surface area (TPSA) is 54.4 Å². The van der Waals surface area contributed by atoms with Crippen LogP contribution in [-0.2, 0) is 0 Å². The Balaban J connectivity index is 1.53. The largest absolute Gasteiger partial charge is 0.497 e. The van der Waals surface area contributed by atoms with Crippen LogP contribution in [-0.4, -0.2) is 48.5 Å². The van der Waals surface area contributed by atoms with E-state index in [4.69, 9.17) is 9.72 Å². The summed E-state index contributed by atoms with van der Waals surface area (Å²) in [5.41, 5.74) is 4.41. The van der Waals surface area contributed by atoms with Gasteiger partial charge in [-0.25, -0.2) is 4.98 Å². The Morgan fingerprint density at radius 1 is 0.929 bits per heavy atom. The SMILES string of the molecule is COc1cccc(-c2cnnc(N3CCCN(c4ccccc4C)CC3)n2)c1. The van der Waals surface area contributed by atoms with Gasteiger partial charge in [0.1, 0.15) is 5.75 Å². The average molecular weight is 375 g/mol. The zero-order valence-electron chi connectivity index (χ0n) is 16.4. The van der Waals surface area contributed by atoms with Crippen LogP contribution in [0.3, 0.4) is 0 Å². The van der Waals surface area contributed by atoms with E-state index in [0.29, 0.717) is 5.95 Å². The molecule has 1 aromatic heterocycles. The molecule has 0 amide bonds. The van der Waals surface area contributed by atoms with Crippen LogP contribution in [0.2, 0.25) is 0 Å². The minimum atomic E-state index is 0.687. The summed E-state index contributed by atoms with van der Waals surface area (Å²) in [5.74, 6) is 1.49. The monoisotopic (exact) mass is 375 g/mol. The summed E-state index contributed by atoms with van der Waals surface area (Å²) in [7, 11) is 1.67. The van der Waals surface area contributed by atoms with Gasteiger partial charge < -0.3 is 14.5 Å². The molecule has 0 saturated carbocycles. The molecule has 1 aliphatic rings. The molecule has 144 valence electrons. The molecule has 2 aromatic carbocycles. The molecular formula is C22H25N5O. The molecular weight excluding hydrogens is 350 g/mol. The smallest absolute Gasteiger partial charge is 0.245 e. The van der Waals surface area contributed by atoms with Gasteiger partial charge in [0.15, 0.2) is 0 Å². The van der Waals surface area contributed by atoms with Crippen LogP contribution in [0.5, 0.6) is 5.75 Å². The molecule has 0 spiro atoms. The maximum Gasteiger partial charge on any atom is 0.245 e. The molecule has 0 aliphatic carbocycles. The van der Waals surface area contributed by atoms with E-state index in [-0.39, 0.29) is 0 Å². The van der Waals surface area contributed by atoms with Crippen molar-refractivity contribution < 1.29 is 4.74 Å². The van der Waals surface area contributed by atoms with Crippen molar-refractivity contribution in [3.05, 3.63) is 60.3 Å². The van der Waals surface area contributed by atoms with Gasteiger partial charge in [-0.2, -0.15) is 5.10 Å². The van der Waals surface area contributed by atoms with Crippen LogP contribution in [0.4, 0.5) is 11.6 Å². The van der Waals surface area contributed by atoms with E-state index < -0.39 is 0 Å². The Hall–Kier alpha value is -3.15. The van der Waals surface area contributed by atoms with Crippen molar-refractivity contribution in [3.8, 4) is 17.0 Å². The number of rotatable bonds is 4. The predicted octanol–water partition coefficient (Wildman–Crippen LogP) is 3.57. The van der Waals surface area contributed by atoms with E-state index in [0.717, 1.165) is 49.6 Å². The Bertz CT molecular complexity index is 945. The third kappa shape index (κ3) is 3.91. The first-order valence-corrected chi connectivity index (χ1v) is 9.64. The minimum absolute atomic E-state index is 0.687. The van der Waals surface area contributed by atoms with Crippen molar-refractivity contribution in [2.45, 2.75) is 13.3 Å². The van der Waals surface area contributed by atoms with E-state index in [9.17, 15) is 0 Å². The maximum atomic E-state index is 5.32. The maximum absolute atomic E-state index is 5.32. The first kappa shape index (κ1) is 18.2. The molecule has 1 aliphatic heterocycles. The number of aryl methyl sites for hydroxylation is 1. The van der Waals surface area contributed by atoms with Gasteiger partial charge in [-0.3, -0.25) is 0 Å². The number of nitrogens with zero attached hydrogens (tertiary/aromatic N) is 5. The van der Waals surface area contributed by atoms with Gasteiger partial charge in [-0.1, -0.05) is 30.3 Å². The van der Waals surface area contributed by atoms with E-state index in [1.807, 2.05) is 24.3 Å². The fraction of sp³-hybridized carbons (Fsp3) is 0.318. The summed E-state index contributed by atoms with van der Waals surface area (Å²) >= 11 is 0. The second-order valence-electron chi connectivity index (χ2n) is 6.99. The fourth-order valence-corrected chi connectivity index (χ4v) is 3.63. The molecule has 6 heteroatoms. The van der Waals surface area contributed by atoms with Gasteiger partial charge in [0, 0.05) is 37.4 Å². The lowest BCUT2D eigenvalue weighted by Crippen LogP contribution is -2.32. The van der Waals surface area contributed by atoms with Gasteiger partial charge in [0.2, 0.25) is 5.95 Å². The van der Waals surface area contributed by atoms with Crippen molar-refractivity contribution in [1.29, 1.82) is 0 Å². The molecule has 28 heavy (non-hydrogen) atoms. The van der Waals surface area contributed by atoms with Crippen molar-refractivity contribution in [3.63, 3.8) is 0 Å². The summed E-state index contributed by atoms with van der Waals surface area (Å²) in [6, 6.07) is 16.4. The highest BCUT2D eigenvalue weighted by atomic mass is 16.5. The van der Waals surface area contributed by atoms with Gasteiger partial charge in [0.25, 0.3) is 0 Å². The van der Waals surface area contributed by atoms with Crippen molar-refractivity contribution in [2.24, 2.45) is 0 Å². The molecule has 1 fully saturated rings. The second kappa shape index (κ2) is 8.25. The number of aromatic nitrogens is 3. The van der Waals surface area contributed by atoms with E-state index in [1.165, 1.54) is 11.3 Å². The first-order chi connectivity index (χ1) is 13.7. The van der Waals surface area contributed by atoms with Crippen LogP contribution in [0.25, 0.3) is 11.3 Å². The van der Waals surface area contributed by atoms with Crippen LogP contribution in [0.15, 0.2) is 54.7 Å². The lowest BCUT2D eigenvalue weighted by Gasteiger charge is -2.25. The summed E-state index contributed by atoms with van der Waals surface area (Å²) in [6.45, 7) is 5.94. The summed E-state index contributed by atoms with van der Waals surface area (Å²) in [5, 5.41) is 8.51. The van der Waals surface area contributed by atoms with Crippen molar-refractivity contribution in [2.75, 3.05) is 43.1 Å². The van der Waals surface area contributed by atoms with E-state index in [2.05, 4.69) is 51.2 Å². The molecule has 1 saturated heterocycles. The molecule has 0 bridgehead atoms. The van der Waals surface area contributed by atoms with E-state index in [1.54, 1.807) is 13.3 Å². The lowest BCUT2D eigenvalue weighted by molar-refractivity contribution is 0.415. The molecule has 2 heterocycles. The van der Waals surface area contributed by atoms with Crippen LogP contribution >= 0.6 is 0 Å². The average Bonchev–Trinajstić information content (AvgIpc) is 3.00. The van der Waals surface area contributed by atoms with Crippen LogP contribution in [0, 0.1) is 6.92 Å². The first-order valence-electron chi connectivity index (χ1n) is 9.64. The van der Waals surface area contributed by atoms with E-state index >= 15 is 0 Å². The minimum Gasteiger partial charge on any atom is -0.497 e. The quantitative estimate of drug-likeness (QED) is 0.695. The Labute approximate surface area is 165 Å². The van der Waals surface area contributed by atoms with Gasteiger partial charge in [-0.15, -0.1) is 5.10 Å². The standard InChI is InChI=1S/C22H25N5O/c1-17-7-3-4-10-21(17)26-11-6-12-27(14-13-26)22-24-20(16-23-25-22)18-8-5-9-19(15-18)28-2/h3-5,7-10,15-16H,6,11-14H2,1-2H3. The number of hydrogen-bond acceptors (Lipinski definition) is 6. The molecule has 0 atom stereocenters. The number of para-hydroxylation sites is 1. The van der Waals surface area contributed by atoms with Gasteiger partial charge in [0.05, 0.1) is 19.0 Å². The Morgan fingerprint density at radius 3 is 2.61 bits per heavy atom. The van der Waals surface area contributed by atoms with Crippen LogP contribution < -0.4 is 14.5 Å². The van der Waals surface area contributed by atoms with Crippen molar-refractivity contribution >= 4 is 11.6 Å². The zero-order chi connectivity index (χ0) is 19.3. The number of methoxy groups -OCH3 is 1. The number of benzene rings is 2. The third-order valence-electron chi connectivity index (χ3n) is 5.15. The molecule has 0 unspecified atom stereocenters. The number of ether oxygens (including phenoxy) is 1. The van der Waals surface area contributed by atoms with Crippen LogP contribution in [0.1, 0.15) is 12.0 Å². The molecule has 6 nitrogen and oxygen atoms in total.